The summed E-state index contributed by atoms with van der Waals surface area (Å²) in [6.07, 6.45) is 2.80. The molecule has 0 aliphatic carbocycles. The van der Waals surface area contributed by atoms with Gasteiger partial charge in [-0.3, -0.25) is 9.59 Å². The summed E-state index contributed by atoms with van der Waals surface area (Å²) in [5.41, 5.74) is 3.11. The molecule has 0 aromatic heterocycles. The minimum absolute atomic E-state index is 0.0109. The third-order valence-electron chi connectivity index (χ3n) is 4.53. The number of quaternary nitrogens is 1. The van der Waals surface area contributed by atoms with E-state index in [2.05, 4.69) is 41.8 Å². The van der Waals surface area contributed by atoms with Crippen molar-refractivity contribution in [1.82, 2.24) is 5.32 Å². The third-order valence-corrected chi connectivity index (χ3v) is 5.32. The molecule has 0 saturated heterocycles. The number of hydrogen-bond acceptors (Lipinski definition) is 3. The van der Waals surface area contributed by atoms with Crippen LogP contribution in [0.2, 0.25) is 0 Å². The van der Waals surface area contributed by atoms with Gasteiger partial charge in [-0.2, -0.15) is 0 Å². The van der Waals surface area contributed by atoms with Crippen molar-refractivity contribution >= 4 is 29.3 Å². The normalized spacial score (nSPS) is 12.9. The van der Waals surface area contributed by atoms with Crippen LogP contribution in [0, 0.1) is 6.92 Å². The molecular formula is C22H30N3O2S+. The lowest BCUT2D eigenvalue weighted by Crippen LogP contribution is -3.11. The summed E-state index contributed by atoms with van der Waals surface area (Å²) in [5.74, 6) is -0.153. The molecule has 0 heterocycles. The maximum atomic E-state index is 12.4. The zero-order chi connectivity index (χ0) is 20.5. The number of rotatable bonds is 9. The summed E-state index contributed by atoms with van der Waals surface area (Å²) in [6, 6.07) is 15.9. The van der Waals surface area contributed by atoms with Crippen LogP contribution >= 0.6 is 11.8 Å². The van der Waals surface area contributed by atoms with Crippen LogP contribution in [0.15, 0.2) is 53.4 Å². The largest absolute Gasteiger partial charge is 0.344 e. The molecular weight excluding hydrogens is 370 g/mol. The van der Waals surface area contributed by atoms with Crippen molar-refractivity contribution in [2.24, 2.45) is 0 Å². The van der Waals surface area contributed by atoms with Gasteiger partial charge in [0.1, 0.15) is 0 Å². The Labute approximate surface area is 171 Å². The molecule has 3 N–H and O–H groups in total. The molecule has 0 fully saturated rings. The summed E-state index contributed by atoms with van der Waals surface area (Å²) >= 11 is 1.59. The number of benzene rings is 2. The molecule has 0 aliphatic rings. The molecule has 0 bridgehead atoms. The lowest BCUT2D eigenvalue weighted by atomic mass is 10.0. The Bertz CT molecular complexity index is 793. The fraction of sp³-hybridized carbons (Fsp3) is 0.364. The number of hydrogen-bond donors (Lipinski definition) is 3. The molecule has 0 radical (unpaired) electrons. The average molecular weight is 401 g/mol. The van der Waals surface area contributed by atoms with Gasteiger partial charge in [0.25, 0.3) is 11.8 Å². The second-order valence-electron chi connectivity index (χ2n) is 7.00. The van der Waals surface area contributed by atoms with Gasteiger partial charge < -0.3 is 15.5 Å². The summed E-state index contributed by atoms with van der Waals surface area (Å²) in [4.78, 5) is 26.6. The second kappa shape index (κ2) is 10.9. The standard InChI is InChI=1S/C22H29N3O2S/c1-5-18(17-12-10-16(2)11-13-17)23-21(26)14-25(3)15-22(27)24-19-8-6-7-9-20(19)28-4/h6-13,18H,5,14-15H2,1-4H3,(H,23,26)(H,24,27)/p+1/t18-/m1/s1. The molecule has 2 atom stereocenters. The first-order valence-corrected chi connectivity index (χ1v) is 10.8. The second-order valence-corrected chi connectivity index (χ2v) is 7.85. The van der Waals surface area contributed by atoms with E-state index in [9.17, 15) is 9.59 Å². The summed E-state index contributed by atoms with van der Waals surface area (Å²) in [5, 5.41) is 6.02. The minimum Gasteiger partial charge on any atom is -0.344 e. The highest BCUT2D eigenvalue weighted by molar-refractivity contribution is 7.98. The Morgan fingerprint density at radius 2 is 1.68 bits per heavy atom. The Hall–Kier alpha value is -2.31. The summed E-state index contributed by atoms with van der Waals surface area (Å²) in [7, 11) is 1.85. The number of para-hydroxylation sites is 1. The molecule has 6 heteroatoms. The predicted molar refractivity (Wildman–Crippen MR) is 116 cm³/mol. The van der Waals surface area contributed by atoms with E-state index in [1.165, 1.54) is 5.56 Å². The average Bonchev–Trinajstić information content (AvgIpc) is 2.67. The fourth-order valence-corrected chi connectivity index (χ4v) is 3.57. The van der Waals surface area contributed by atoms with E-state index >= 15 is 0 Å². The van der Waals surface area contributed by atoms with Crippen molar-refractivity contribution in [3.8, 4) is 0 Å². The van der Waals surface area contributed by atoms with Crippen LogP contribution in [0.1, 0.15) is 30.5 Å². The monoisotopic (exact) mass is 400 g/mol. The van der Waals surface area contributed by atoms with Crippen molar-refractivity contribution in [3.63, 3.8) is 0 Å². The lowest BCUT2D eigenvalue weighted by molar-refractivity contribution is -0.862. The van der Waals surface area contributed by atoms with Gasteiger partial charge in [-0.15, -0.1) is 11.8 Å². The number of anilines is 1. The maximum absolute atomic E-state index is 12.4. The SMILES string of the molecule is CC[C@@H](NC(=O)C[NH+](C)CC(=O)Nc1ccccc1SC)c1ccc(C)cc1. The molecule has 2 amide bonds. The molecule has 0 saturated carbocycles. The van der Waals surface area contributed by atoms with Gasteiger partial charge >= 0.3 is 0 Å². The third kappa shape index (κ3) is 6.69. The lowest BCUT2D eigenvalue weighted by Gasteiger charge is -2.19. The smallest absolute Gasteiger partial charge is 0.279 e. The molecule has 0 aliphatic heterocycles. The predicted octanol–water partition coefficient (Wildman–Crippen LogP) is 2.44. The Balaban J connectivity index is 1.85. The van der Waals surface area contributed by atoms with Crippen LogP contribution in [0.25, 0.3) is 0 Å². The van der Waals surface area contributed by atoms with Gasteiger partial charge in [0.15, 0.2) is 13.1 Å². The van der Waals surface area contributed by atoms with E-state index in [0.717, 1.165) is 27.5 Å². The van der Waals surface area contributed by atoms with Crippen molar-refractivity contribution in [2.45, 2.75) is 31.2 Å². The number of amides is 2. The van der Waals surface area contributed by atoms with Gasteiger partial charge in [0.05, 0.1) is 18.8 Å². The van der Waals surface area contributed by atoms with E-state index in [-0.39, 0.29) is 30.9 Å². The van der Waals surface area contributed by atoms with Crippen molar-refractivity contribution in [1.29, 1.82) is 0 Å². The molecule has 28 heavy (non-hydrogen) atoms. The first kappa shape index (κ1) is 22.0. The van der Waals surface area contributed by atoms with Gasteiger partial charge in [0, 0.05) is 4.90 Å². The van der Waals surface area contributed by atoms with E-state index in [0.29, 0.717) is 0 Å². The van der Waals surface area contributed by atoms with Crippen molar-refractivity contribution in [3.05, 3.63) is 59.7 Å². The highest BCUT2D eigenvalue weighted by Gasteiger charge is 2.18. The number of carbonyl (C=O) groups excluding carboxylic acids is 2. The topological polar surface area (TPSA) is 62.6 Å². The van der Waals surface area contributed by atoms with Gasteiger partial charge in [-0.25, -0.2) is 0 Å². The summed E-state index contributed by atoms with van der Waals surface area (Å²) in [6.45, 7) is 4.58. The maximum Gasteiger partial charge on any atom is 0.279 e. The Kier molecular flexibility index (Phi) is 8.54. The van der Waals surface area contributed by atoms with Crippen molar-refractivity contribution in [2.75, 3.05) is 31.7 Å². The van der Waals surface area contributed by atoms with Gasteiger partial charge in [0.2, 0.25) is 0 Å². The first-order chi connectivity index (χ1) is 13.4. The number of aryl methyl sites for hydroxylation is 1. The quantitative estimate of drug-likeness (QED) is 0.567. The highest BCUT2D eigenvalue weighted by Crippen LogP contribution is 2.24. The number of likely N-dealkylation sites (N-methyl/N-ethyl adjacent to an activating group) is 1. The summed E-state index contributed by atoms with van der Waals surface area (Å²) < 4.78 is 0. The zero-order valence-corrected chi connectivity index (χ0v) is 17.9. The molecule has 0 spiro atoms. The molecule has 2 aromatic carbocycles. The fourth-order valence-electron chi connectivity index (χ4n) is 3.02. The Morgan fingerprint density at radius 3 is 2.32 bits per heavy atom. The minimum atomic E-state index is -0.0997. The van der Waals surface area contributed by atoms with Crippen molar-refractivity contribution < 1.29 is 14.5 Å². The molecule has 1 unspecified atom stereocenters. The number of thioether (sulfide) groups is 1. The van der Waals surface area contributed by atoms with Crippen LogP contribution in [0.5, 0.6) is 0 Å². The Morgan fingerprint density at radius 1 is 1.04 bits per heavy atom. The molecule has 2 rings (SSSR count). The van der Waals surface area contributed by atoms with E-state index < -0.39 is 0 Å². The molecule has 150 valence electrons. The molecule has 5 nitrogen and oxygen atoms in total. The van der Waals surface area contributed by atoms with Gasteiger partial charge in [-0.1, -0.05) is 48.9 Å². The van der Waals surface area contributed by atoms with Crippen LogP contribution in [0.4, 0.5) is 5.69 Å². The van der Waals surface area contributed by atoms with Crippen LogP contribution in [0.3, 0.4) is 0 Å². The van der Waals surface area contributed by atoms with E-state index in [4.69, 9.17) is 0 Å². The highest BCUT2D eigenvalue weighted by atomic mass is 32.2. The zero-order valence-electron chi connectivity index (χ0n) is 17.0. The number of nitrogens with one attached hydrogen (secondary N) is 3. The first-order valence-electron chi connectivity index (χ1n) is 9.53. The van der Waals surface area contributed by atoms with Gasteiger partial charge in [-0.05, 0) is 37.3 Å². The number of carbonyl (C=O) groups is 2. The van der Waals surface area contributed by atoms with E-state index in [1.54, 1.807) is 11.8 Å². The van der Waals surface area contributed by atoms with E-state index in [1.807, 2.05) is 44.5 Å². The molecule has 2 aromatic rings. The van der Waals surface area contributed by atoms with Crippen LogP contribution in [-0.2, 0) is 9.59 Å². The van der Waals surface area contributed by atoms with Crippen LogP contribution in [-0.4, -0.2) is 38.2 Å². The van der Waals surface area contributed by atoms with Crippen LogP contribution < -0.4 is 15.5 Å².